The summed E-state index contributed by atoms with van der Waals surface area (Å²) in [6.07, 6.45) is 6.21. The minimum absolute atomic E-state index is 0.0740. The number of sulfonamides is 1. The van der Waals surface area contributed by atoms with E-state index in [9.17, 15) is 13.2 Å². The van der Waals surface area contributed by atoms with Crippen LogP contribution in [0.3, 0.4) is 0 Å². The lowest BCUT2D eigenvalue weighted by atomic mass is 9.95. The fourth-order valence-corrected chi connectivity index (χ4v) is 4.20. The Bertz CT molecular complexity index is 688. The summed E-state index contributed by atoms with van der Waals surface area (Å²) in [5.41, 5.74) is 0. The Morgan fingerprint density at radius 3 is 2.64 bits per heavy atom. The van der Waals surface area contributed by atoms with Gasteiger partial charge in [-0.15, -0.1) is 0 Å². The third kappa shape index (κ3) is 6.17. The molecular weight excluding hydrogens is 364 g/mol. The summed E-state index contributed by atoms with van der Waals surface area (Å²) in [4.78, 5) is 12.0. The summed E-state index contributed by atoms with van der Waals surface area (Å²) in [6.45, 7) is 2.10. The molecule has 2 N–H and O–H groups in total. The van der Waals surface area contributed by atoms with Gasteiger partial charge in [0.15, 0.2) is 6.61 Å². The lowest BCUT2D eigenvalue weighted by Crippen LogP contribution is -2.39. The van der Waals surface area contributed by atoms with E-state index < -0.39 is 10.0 Å². The summed E-state index contributed by atoms with van der Waals surface area (Å²) in [7, 11) is -3.58. The van der Waals surface area contributed by atoms with Crippen LogP contribution in [0.15, 0.2) is 23.1 Å². The second-order valence-corrected chi connectivity index (χ2v) is 8.36. The Kier molecular flexibility index (Phi) is 7.53. The average molecular weight is 389 g/mol. The van der Waals surface area contributed by atoms with Crippen LogP contribution >= 0.6 is 11.6 Å². The smallest absolute Gasteiger partial charge is 0.258 e. The highest BCUT2D eigenvalue weighted by Crippen LogP contribution is 2.27. The molecule has 1 aliphatic carbocycles. The van der Waals surface area contributed by atoms with E-state index in [0.29, 0.717) is 13.0 Å². The summed E-state index contributed by atoms with van der Waals surface area (Å²) in [5.74, 6) is 0.0965. The van der Waals surface area contributed by atoms with Crippen molar-refractivity contribution in [3.8, 4) is 5.75 Å². The topological polar surface area (TPSA) is 84.5 Å². The van der Waals surface area contributed by atoms with E-state index in [4.69, 9.17) is 16.3 Å². The highest BCUT2D eigenvalue weighted by molar-refractivity contribution is 7.89. The third-order valence-corrected chi connectivity index (χ3v) is 5.84. The first-order valence-electron chi connectivity index (χ1n) is 8.63. The van der Waals surface area contributed by atoms with Gasteiger partial charge in [-0.1, -0.05) is 37.8 Å². The molecule has 1 fully saturated rings. The number of rotatable bonds is 8. The first-order valence-corrected chi connectivity index (χ1v) is 10.5. The van der Waals surface area contributed by atoms with Gasteiger partial charge in [0.2, 0.25) is 10.0 Å². The zero-order valence-corrected chi connectivity index (χ0v) is 16.0. The largest absolute Gasteiger partial charge is 0.482 e. The quantitative estimate of drug-likeness (QED) is 0.717. The number of carbonyl (C=O) groups excluding carboxylic acids is 1. The van der Waals surface area contributed by atoms with Crippen molar-refractivity contribution < 1.29 is 17.9 Å². The first kappa shape index (κ1) is 20.0. The molecule has 25 heavy (non-hydrogen) atoms. The molecule has 0 saturated heterocycles. The predicted octanol–water partition coefficient (Wildman–Crippen LogP) is 2.86. The van der Waals surface area contributed by atoms with Crippen LogP contribution in [0, 0.1) is 0 Å². The summed E-state index contributed by atoms with van der Waals surface area (Å²) >= 11 is 6.10. The van der Waals surface area contributed by atoms with Crippen molar-refractivity contribution in [3.05, 3.63) is 23.2 Å². The molecule has 0 unspecified atom stereocenters. The standard InChI is InChI=1S/C17H25ClN2O4S/c1-2-10-19-25(22,23)14-8-9-16(15(18)11-14)24-12-17(21)20-13-6-4-3-5-7-13/h8-9,11,13,19H,2-7,10,12H2,1H3,(H,20,21). The molecule has 0 heterocycles. The SMILES string of the molecule is CCCNS(=O)(=O)c1ccc(OCC(=O)NC2CCCCC2)c(Cl)c1. The maximum absolute atomic E-state index is 12.1. The molecule has 2 rings (SSSR count). The maximum Gasteiger partial charge on any atom is 0.258 e. The number of nitrogens with one attached hydrogen (secondary N) is 2. The number of ether oxygens (including phenoxy) is 1. The Labute approximate surface area is 154 Å². The molecular formula is C17H25ClN2O4S. The molecule has 0 bridgehead atoms. The lowest BCUT2D eigenvalue weighted by Gasteiger charge is -2.22. The van der Waals surface area contributed by atoms with Crippen LogP contribution in [0.1, 0.15) is 45.4 Å². The number of amides is 1. The zero-order valence-electron chi connectivity index (χ0n) is 14.4. The van der Waals surface area contributed by atoms with Gasteiger partial charge in [-0.25, -0.2) is 13.1 Å². The summed E-state index contributed by atoms with van der Waals surface area (Å²) in [5, 5.41) is 3.11. The molecule has 0 atom stereocenters. The molecule has 6 nitrogen and oxygen atoms in total. The normalized spacial score (nSPS) is 15.8. The average Bonchev–Trinajstić information content (AvgIpc) is 2.59. The molecule has 0 spiro atoms. The van der Waals surface area contributed by atoms with Crippen molar-refractivity contribution in [1.82, 2.24) is 10.0 Å². The number of hydrogen-bond donors (Lipinski definition) is 2. The molecule has 0 aromatic heterocycles. The Balaban J connectivity index is 1.91. The molecule has 1 amide bonds. The first-order chi connectivity index (χ1) is 11.9. The molecule has 8 heteroatoms. The minimum atomic E-state index is -3.58. The van der Waals surface area contributed by atoms with Crippen LogP contribution < -0.4 is 14.8 Å². The van der Waals surface area contributed by atoms with Crippen LogP contribution in [0.25, 0.3) is 0 Å². The van der Waals surface area contributed by atoms with E-state index in [0.717, 1.165) is 25.7 Å². The van der Waals surface area contributed by atoms with Crippen LogP contribution in [-0.4, -0.2) is 33.5 Å². The van der Waals surface area contributed by atoms with E-state index in [1.165, 1.54) is 24.6 Å². The van der Waals surface area contributed by atoms with Gasteiger partial charge in [0.1, 0.15) is 5.75 Å². The molecule has 1 aliphatic rings. The van der Waals surface area contributed by atoms with E-state index in [2.05, 4.69) is 10.0 Å². The van der Waals surface area contributed by atoms with Gasteiger partial charge in [0.25, 0.3) is 5.91 Å². The zero-order chi connectivity index (χ0) is 18.3. The summed E-state index contributed by atoms with van der Waals surface area (Å²) in [6, 6.07) is 4.43. The second kappa shape index (κ2) is 9.40. The maximum atomic E-state index is 12.1. The molecule has 140 valence electrons. The van der Waals surface area contributed by atoms with Gasteiger partial charge in [-0.3, -0.25) is 4.79 Å². The predicted molar refractivity (Wildman–Crippen MR) is 97.4 cm³/mol. The number of benzene rings is 1. The molecule has 0 radical (unpaired) electrons. The van der Waals surface area contributed by atoms with Crippen molar-refractivity contribution in [1.29, 1.82) is 0 Å². The van der Waals surface area contributed by atoms with Crippen LogP contribution in [-0.2, 0) is 14.8 Å². The highest BCUT2D eigenvalue weighted by atomic mass is 35.5. The van der Waals surface area contributed by atoms with Gasteiger partial charge in [-0.2, -0.15) is 0 Å². The van der Waals surface area contributed by atoms with Gasteiger partial charge in [0, 0.05) is 12.6 Å². The van der Waals surface area contributed by atoms with E-state index in [-0.39, 0.29) is 34.2 Å². The fourth-order valence-electron chi connectivity index (χ4n) is 2.75. The highest BCUT2D eigenvalue weighted by Gasteiger charge is 2.18. The van der Waals surface area contributed by atoms with Crippen LogP contribution in [0.2, 0.25) is 5.02 Å². The number of carbonyl (C=O) groups is 1. The molecule has 1 saturated carbocycles. The number of halogens is 1. The van der Waals surface area contributed by atoms with Gasteiger partial charge in [0.05, 0.1) is 9.92 Å². The van der Waals surface area contributed by atoms with Gasteiger partial charge < -0.3 is 10.1 Å². The lowest BCUT2D eigenvalue weighted by molar-refractivity contribution is -0.124. The summed E-state index contributed by atoms with van der Waals surface area (Å²) < 4.78 is 32.0. The van der Waals surface area contributed by atoms with Crippen LogP contribution in [0.5, 0.6) is 5.75 Å². The second-order valence-electron chi connectivity index (χ2n) is 6.18. The van der Waals surface area contributed by atoms with Crippen LogP contribution in [0.4, 0.5) is 0 Å². The van der Waals surface area contributed by atoms with Crippen molar-refractivity contribution in [2.45, 2.75) is 56.4 Å². The minimum Gasteiger partial charge on any atom is -0.482 e. The van der Waals surface area contributed by atoms with Crippen molar-refractivity contribution in [2.24, 2.45) is 0 Å². The third-order valence-electron chi connectivity index (χ3n) is 4.08. The van der Waals surface area contributed by atoms with Gasteiger partial charge >= 0.3 is 0 Å². The Morgan fingerprint density at radius 1 is 1.28 bits per heavy atom. The van der Waals surface area contributed by atoms with E-state index >= 15 is 0 Å². The van der Waals surface area contributed by atoms with Crippen molar-refractivity contribution >= 4 is 27.5 Å². The molecule has 1 aromatic carbocycles. The Hall–Kier alpha value is -1.31. The number of hydrogen-bond acceptors (Lipinski definition) is 4. The molecule has 0 aliphatic heterocycles. The fraction of sp³-hybridized carbons (Fsp3) is 0.588. The molecule has 1 aromatic rings. The van der Waals surface area contributed by atoms with E-state index in [1.54, 1.807) is 0 Å². The van der Waals surface area contributed by atoms with Crippen molar-refractivity contribution in [3.63, 3.8) is 0 Å². The Morgan fingerprint density at radius 2 is 2.00 bits per heavy atom. The van der Waals surface area contributed by atoms with Crippen molar-refractivity contribution in [2.75, 3.05) is 13.2 Å². The van der Waals surface area contributed by atoms with E-state index in [1.807, 2.05) is 6.92 Å². The monoisotopic (exact) mass is 388 g/mol. The van der Waals surface area contributed by atoms with Gasteiger partial charge in [-0.05, 0) is 37.5 Å².